The van der Waals surface area contributed by atoms with Crippen LogP contribution < -0.4 is 14.9 Å². The lowest BCUT2D eigenvalue weighted by Gasteiger charge is -2.22. The van der Waals surface area contributed by atoms with E-state index in [0.717, 1.165) is 24.2 Å². The van der Waals surface area contributed by atoms with E-state index in [0.29, 0.717) is 11.4 Å². The van der Waals surface area contributed by atoms with Crippen molar-refractivity contribution in [2.45, 2.75) is 44.2 Å². The first-order chi connectivity index (χ1) is 14.7. The third-order valence-electron chi connectivity index (χ3n) is 5.14. The average molecular weight is 464 g/mol. The standard InChI is InChI=1S/C22H26ClN3O4S/c1-15(2)21(25-31(29,30)19-11-7-17(23)8-12-19)22(28)24-14-16-5-9-18(10-6-16)26-13-3-4-20(26)27/h5-12,15,21,25H,3-4,13-14H2,1-2H3,(H,24,28)/t21-/m0/s1. The molecule has 31 heavy (non-hydrogen) atoms. The van der Waals surface area contributed by atoms with Gasteiger partial charge in [-0.2, -0.15) is 4.72 Å². The Bertz CT molecular complexity index is 1040. The summed E-state index contributed by atoms with van der Waals surface area (Å²) in [5.41, 5.74) is 1.69. The number of hydrogen-bond donors (Lipinski definition) is 2. The van der Waals surface area contributed by atoms with Crippen LogP contribution in [0.25, 0.3) is 0 Å². The van der Waals surface area contributed by atoms with E-state index in [-0.39, 0.29) is 23.3 Å². The second-order valence-electron chi connectivity index (χ2n) is 7.83. The van der Waals surface area contributed by atoms with E-state index in [9.17, 15) is 18.0 Å². The maximum Gasteiger partial charge on any atom is 0.241 e. The quantitative estimate of drug-likeness (QED) is 0.628. The number of halogens is 1. The molecule has 2 amide bonds. The number of rotatable bonds is 8. The van der Waals surface area contributed by atoms with Crippen LogP contribution in [0.3, 0.4) is 0 Å². The van der Waals surface area contributed by atoms with Crippen LogP contribution in [0, 0.1) is 5.92 Å². The Kier molecular flexibility index (Phi) is 7.35. The summed E-state index contributed by atoms with van der Waals surface area (Å²) in [6.45, 7) is 4.52. The molecule has 0 aliphatic carbocycles. The number of carbonyl (C=O) groups excluding carboxylic acids is 2. The molecule has 2 aromatic rings. The van der Waals surface area contributed by atoms with Gasteiger partial charge >= 0.3 is 0 Å². The molecule has 9 heteroatoms. The molecule has 1 aliphatic heterocycles. The zero-order valence-corrected chi connectivity index (χ0v) is 19.0. The maximum absolute atomic E-state index is 12.7. The predicted molar refractivity (Wildman–Crippen MR) is 120 cm³/mol. The second kappa shape index (κ2) is 9.80. The number of nitrogens with zero attached hydrogens (tertiary/aromatic N) is 1. The maximum atomic E-state index is 12.7. The molecule has 1 fully saturated rings. The highest BCUT2D eigenvalue weighted by molar-refractivity contribution is 7.89. The van der Waals surface area contributed by atoms with Crippen LogP contribution in [0.15, 0.2) is 53.4 Å². The van der Waals surface area contributed by atoms with Crippen molar-refractivity contribution < 1.29 is 18.0 Å². The molecule has 0 saturated carbocycles. The number of amides is 2. The van der Waals surface area contributed by atoms with E-state index in [2.05, 4.69) is 10.0 Å². The van der Waals surface area contributed by atoms with Crippen molar-refractivity contribution in [3.05, 3.63) is 59.1 Å². The molecule has 1 saturated heterocycles. The van der Waals surface area contributed by atoms with Crippen LogP contribution in [0.2, 0.25) is 5.02 Å². The number of sulfonamides is 1. The molecule has 166 valence electrons. The van der Waals surface area contributed by atoms with Crippen molar-refractivity contribution in [2.24, 2.45) is 5.92 Å². The Morgan fingerprint density at radius 2 is 1.74 bits per heavy atom. The van der Waals surface area contributed by atoms with Gasteiger partial charge in [-0.25, -0.2) is 8.42 Å². The smallest absolute Gasteiger partial charge is 0.241 e. The van der Waals surface area contributed by atoms with E-state index in [1.165, 1.54) is 24.3 Å². The third-order valence-corrected chi connectivity index (χ3v) is 6.85. The van der Waals surface area contributed by atoms with Gasteiger partial charge in [0.1, 0.15) is 6.04 Å². The number of anilines is 1. The number of carbonyl (C=O) groups is 2. The van der Waals surface area contributed by atoms with Crippen LogP contribution in [-0.2, 0) is 26.2 Å². The minimum atomic E-state index is -3.88. The highest BCUT2D eigenvalue weighted by atomic mass is 35.5. The van der Waals surface area contributed by atoms with E-state index in [1.807, 2.05) is 24.3 Å². The molecule has 0 bridgehead atoms. The van der Waals surface area contributed by atoms with Gasteiger partial charge in [-0.1, -0.05) is 37.6 Å². The summed E-state index contributed by atoms with van der Waals surface area (Å²) in [5.74, 6) is -0.550. The number of hydrogen-bond acceptors (Lipinski definition) is 4. The topological polar surface area (TPSA) is 95.6 Å². The Morgan fingerprint density at radius 3 is 2.29 bits per heavy atom. The van der Waals surface area contributed by atoms with Crippen molar-refractivity contribution in [1.29, 1.82) is 0 Å². The number of benzene rings is 2. The van der Waals surface area contributed by atoms with Gasteiger partial charge in [-0.15, -0.1) is 0 Å². The number of nitrogens with one attached hydrogen (secondary N) is 2. The highest BCUT2D eigenvalue weighted by Gasteiger charge is 2.28. The van der Waals surface area contributed by atoms with Crippen molar-refractivity contribution in [3.63, 3.8) is 0 Å². The lowest BCUT2D eigenvalue weighted by molar-refractivity contribution is -0.123. The molecular formula is C22H26ClN3O4S. The Labute approximate surface area is 187 Å². The normalized spacial score (nSPS) is 15.4. The van der Waals surface area contributed by atoms with Gasteiger partial charge in [0.25, 0.3) is 0 Å². The van der Waals surface area contributed by atoms with Crippen LogP contribution >= 0.6 is 11.6 Å². The molecule has 1 aliphatic rings. The van der Waals surface area contributed by atoms with Gasteiger partial charge < -0.3 is 10.2 Å². The zero-order valence-electron chi connectivity index (χ0n) is 17.5. The Hall–Kier alpha value is -2.42. The summed E-state index contributed by atoms with van der Waals surface area (Å²) in [4.78, 5) is 26.4. The fourth-order valence-electron chi connectivity index (χ4n) is 3.36. The van der Waals surface area contributed by atoms with Crippen molar-refractivity contribution in [3.8, 4) is 0 Å². The van der Waals surface area contributed by atoms with E-state index < -0.39 is 22.0 Å². The van der Waals surface area contributed by atoms with Crippen molar-refractivity contribution in [1.82, 2.24) is 10.0 Å². The molecule has 1 atom stereocenters. The lowest BCUT2D eigenvalue weighted by Crippen LogP contribution is -2.49. The minimum absolute atomic E-state index is 0.0439. The fourth-order valence-corrected chi connectivity index (χ4v) is 4.83. The summed E-state index contributed by atoms with van der Waals surface area (Å²) < 4.78 is 27.8. The molecule has 1 heterocycles. The monoisotopic (exact) mass is 463 g/mol. The van der Waals surface area contributed by atoms with E-state index >= 15 is 0 Å². The molecular weight excluding hydrogens is 438 g/mol. The van der Waals surface area contributed by atoms with Gasteiger partial charge in [0.15, 0.2) is 0 Å². The summed E-state index contributed by atoms with van der Waals surface area (Å²) in [7, 11) is -3.88. The van der Waals surface area contributed by atoms with Crippen molar-refractivity contribution in [2.75, 3.05) is 11.4 Å². The molecule has 0 aromatic heterocycles. The fraction of sp³-hybridized carbons (Fsp3) is 0.364. The van der Waals surface area contributed by atoms with Gasteiger partial charge in [0, 0.05) is 30.2 Å². The third kappa shape index (κ3) is 5.84. The van der Waals surface area contributed by atoms with E-state index in [1.54, 1.807) is 18.7 Å². The Balaban J connectivity index is 1.63. The minimum Gasteiger partial charge on any atom is -0.351 e. The predicted octanol–water partition coefficient (Wildman–Crippen LogP) is 3.09. The van der Waals surface area contributed by atoms with Crippen LogP contribution in [0.4, 0.5) is 5.69 Å². The largest absolute Gasteiger partial charge is 0.351 e. The Morgan fingerprint density at radius 1 is 1.10 bits per heavy atom. The average Bonchev–Trinajstić information content (AvgIpc) is 3.16. The van der Waals surface area contributed by atoms with Crippen molar-refractivity contribution >= 4 is 39.1 Å². The first-order valence-electron chi connectivity index (χ1n) is 10.1. The molecule has 3 rings (SSSR count). The van der Waals surface area contributed by atoms with E-state index in [4.69, 9.17) is 11.6 Å². The summed E-state index contributed by atoms with van der Waals surface area (Å²) in [6, 6.07) is 12.2. The zero-order chi connectivity index (χ0) is 22.6. The lowest BCUT2D eigenvalue weighted by atomic mass is 10.0. The van der Waals surface area contributed by atoms with Crippen LogP contribution in [0.1, 0.15) is 32.3 Å². The van der Waals surface area contributed by atoms with Gasteiger partial charge in [0.05, 0.1) is 4.90 Å². The molecule has 0 unspecified atom stereocenters. The van der Waals surface area contributed by atoms with Gasteiger partial charge in [-0.3, -0.25) is 9.59 Å². The first-order valence-corrected chi connectivity index (χ1v) is 12.0. The molecule has 2 aromatic carbocycles. The highest BCUT2D eigenvalue weighted by Crippen LogP contribution is 2.21. The molecule has 2 N–H and O–H groups in total. The second-order valence-corrected chi connectivity index (χ2v) is 9.98. The summed E-state index contributed by atoms with van der Waals surface area (Å²) >= 11 is 5.82. The van der Waals surface area contributed by atoms with Crippen LogP contribution in [-0.4, -0.2) is 32.8 Å². The first kappa shape index (κ1) is 23.2. The molecule has 7 nitrogen and oxygen atoms in total. The molecule has 0 spiro atoms. The molecule has 0 radical (unpaired) electrons. The summed E-state index contributed by atoms with van der Waals surface area (Å²) in [6.07, 6.45) is 1.43. The van der Waals surface area contributed by atoms with Gasteiger partial charge in [-0.05, 0) is 54.3 Å². The van der Waals surface area contributed by atoms with Gasteiger partial charge in [0.2, 0.25) is 21.8 Å². The SMILES string of the molecule is CC(C)[C@H](NS(=O)(=O)c1ccc(Cl)cc1)C(=O)NCc1ccc(N2CCCC2=O)cc1. The summed E-state index contributed by atoms with van der Waals surface area (Å²) in [5, 5.41) is 3.22. The van der Waals surface area contributed by atoms with Crippen LogP contribution in [0.5, 0.6) is 0 Å².